The zero-order chi connectivity index (χ0) is 13.1. The van der Waals surface area contributed by atoms with Crippen molar-refractivity contribution in [2.24, 2.45) is 0 Å². The van der Waals surface area contributed by atoms with Crippen LogP contribution < -0.4 is 53.5 Å². The van der Waals surface area contributed by atoms with E-state index < -0.39 is 0 Å². The van der Waals surface area contributed by atoms with E-state index in [1.54, 1.807) is 7.05 Å². The van der Waals surface area contributed by atoms with E-state index in [1.165, 1.54) is 26.3 Å². The van der Waals surface area contributed by atoms with Crippen molar-refractivity contribution in [1.29, 1.82) is 0 Å². The topological polar surface area (TPSA) is 59.1 Å². The van der Waals surface area contributed by atoms with Gasteiger partial charge >= 0.3 is 29.6 Å². The first kappa shape index (κ1) is 32.5. The van der Waals surface area contributed by atoms with Crippen LogP contribution in [0.25, 0.3) is 0 Å². The second-order valence-corrected chi connectivity index (χ2v) is 3.44. The molecule has 0 atom stereocenters. The van der Waals surface area contributed by atoms with Gasteiger partial charge in [-0.25, -0.2) is 10.1 Å². The van der Waals surface area contributed by atoms with Crippen LogP contribution in [0.3, 0.4) is 0 Å². The van der Waals surface area contributed by atoms with Gasteiger partial charge in [-0.05, 0) is 0 Å². The fourth-order valence-corrected chi connectivity index (χ4v) is 1.02. The average molecular weight is 533 g/mol. The van der Waals surface area contributed by atoms with Gasteiger partial charge in [0.15, 0.2) is 0 Å². The molecule has 2 amide bonds. The largest absolute Gasteiger partial charge is 1.00 e. The summed E-state index contributed by atoms with van der Waals surface area (Å²) in [7, 11) is 5.96. The van der Waals surface area contributed by atoms with Crippen LogP contribution in [0, 0.1) is 0 Å². The molecule has 0 spiro atoms. The second-order valence-electron chi connectivity index (χ2n) is 2.41. The van der Waals surface area contributed by atoms with Crippen LogP contribution in [0.2, 0.25) is 0 Å². The molecule has 112 valence electrons. The minimum absolute atomic E-state index is 0. The number of hydroxylamine groups is 4. The molecule has 0 aliphatic rings. The third-order valence-electron chi connectivity index (χ3n) is 1.48. The van der Waals surface area contributed by atoms with E-state index in [1.807, 2.05) is 22.6 Å². The molecule has 0 aromatic heterocycles. The number of hydrogen-bond donors (Lipinski definition) is 0. The van der Waals surface area contributed by atoms with Crippen LogP contribution in [0.4, 0.5) is 0 Å². The zero-order valence-electron chi connectivity index (χ0n) is 11.1. The molecule has 0 aromatic carbocycles. The number of alkyl halides is 2. The van der Waals surface area contributed by atoms with Crippen molar-refractivity contribution in [2.75, 3.05) is 38.6 Å². The van der Waals surface area contributed by atoms with Crippen LogP contribution in [-0.2, 0) is 19.3 Å². The Labute approximate surface area is 173 Å². The van der Waals surface area contributed by atoms with Crippen LogP contribution in [0.15, 0.2) is 0 Å². The maximum Gasteiger partial charge on any atom is 1.00 e. The molecular weight excluding hydrogens is 512 g/mol. The van der Waals surface area contributed by atoms with E-state index in [4.69, 9.17) is 11.6 Å². The van der Waals surface area contributed by atoms with Crippen LogP contribution in [-0.4, -0.2) is 60.6 Å². The summed E-state index contributed by atoms with van der Waals surface area (Å²) >= 11 is 7.14. The van der Waals surface area contributed by atoms with Crippen molar-refractivity contribution >= 4 is 46.0 Å². The monoisotopic (exact) mass is 532 g/mol. The minimum Gasteiger partial charge on any atom is -1.00 e. The molecule has 0 saturated heterocycles. The second kappa shape index (κ2) is 21.9. The van der Waals surface area contributed by atoms with Gasteiger partial charge in [0.05, 0.1) is 18.6 Å². The molecule has 0 aliphatic heterocycles. The number of rotatable bonds is 4. The molecule has 6 nitrogen and oxygen atoms in total. The van der Waals surface area contributed by atoms with Crippen molar-refractivity contribution in [2.45, 2.75) is 7.43 Å². The molecule has 0 heterocycles. The van der Waals surface area contributed by atoms with Gasteiger partial charge in [0.25, 0.3) is 11.8 Å². The summed E-state index contributed by atoms with van der Waals surface area (Å²) in [6.07, 6.45) is 0. The summed E-state index contributed by atoms with van der Waals surface area (Å²) in [5, 5.41) is 2.28. The summed E-state index contributed by atoms with van der Waals surface area (Å²) in [4.78, 5) is 30.0. The Balaban J connectivity index is -0.0000000594. The first-order valence-electron chi connectivity index (χ1n) is 4.17. The maximum absolute atomic E-state index is 10.5. The fourth-order valence-electron chi connectivity index (χ4n) is 0.372. The van der Waals surface area contributed by atoms with E-state index in [0.29, 0.717) is 4.43 Å². The maximum atomic E-state index is 10.5. The Kier molecular flexibility index (Phi) is 37.5. The number of amides is 2. The van der Waals surface area contributed by atoms with Gasteiger partial charge in [0, 0.05) is 14.1 Å². The zero-order valence-corrected chi connectivity index (χ0v) is 18.1. The number of nitrogens with zero attached hydrogens (tertiary/aromatic N) is 2. The predicted molar refractivity (Wildman–Crippen MR) is 75.9 cm³/mol. The van der Waals surface area contributed by atoms with Crippen LogP contribution >= 0.6 is 34.2 Å². The molecule has 0 fully saturated rings. The number of hydrogen-bond acceptors (Lipinski definition) is 4. The summed E-state index contributed by atoms with van der Waals surface area (Å²) in [5.74, 6) is -0.299. The van der Waals surface area contributed by atoms with E-state index in [0.717, 1.165) is 5.06 Å². The summed E-state index contributed by atoms with van der Waals surface area (Å²) in [6.45, 7) is 0. The standard InChI is InChI=1S/C4H8ClNO2.C4H8INO2.CH4.HI.Na/c2*1-6(8-2)4(7)3-5;;;/h2*3H2,1-2H3;1H4;1H;/q;;;;+1/p-1. The van der Waals surface area contributed by atoms with Gasteiger partial charge in [-0.2, -0.15) is 0 Å². The summed E-state index contributed by atoms with van der Waals surface area (Å²) in [6, 6.07) is 0. The third-order valence-corrected chi connectivity index (χ3v) is 2.36. The molecular formula is C9H20ClI2N2NaO4. The van der Waals surface area contributed by atoms with Crippen LogP contribution in [0.1, 0.15) is 7.43 Å². The first-order chi connectivity index (χ1) is 7.44. The summed E-state index contributed by atoms with van der Waals surface area (Å²) in [5.41, 5.74) is 0. The Morgan fingerprint density at radius 2 is 1.42 bits per heavy atom. The normalized spacial score (nSPS) is 7.47. The predicted octanol–water partition coefficient (Wildman–Crippen LogP) is -4.67. The Morgan fingerprint density at radius 1 is 1.11 bits per heavy atom. The Hall–Kier alpha value is 1.61. The number of carbonyl (C=O) groups excluding carboxylic acids is 2. The summed E-state index contributed by atoms with van der Waals surface area (Å²) < 4.78 is 0.460. The molecule has 0 saturated carbocycles. The van der Waals surface area contributed by atoms with Gasteiger partial charge in [-0.15, -0.1) is 11.6 Å². The van der Waals surface area contributed by atoms with Gasteiger partial charge in [0.1, 0.15) is 5.88 Å². The molecule has 0 N–H and O–H groups in total. The fraction of sp³-hybridized carbons (Fsp3) is 0.778. The molecule has 0 bridgehead atoms. The SMILES string of the molecule is C.CON(C)C(=O)CCl.CON(C)C(=O)CI.[I-].[Na+]. The molecule has 0 aromatic rings. The van der Waals surface area contributed by atoms with E-state index in [9.17, 15) is 9.59 Å². The minimum atomic E-state index is -0.242. The number of carbonyl (C=O) groups is 2. The van der Waals surface area contributed by atoms with Gasteiger partial charge in [0.2, 0.25) is 0 Å². The average Bonchev–Trinajstić information content (AvgIpc) is 2.35. The molecule has 0 rings (SSSR count). The van der Waals surface area contributed by atoms with Gasteiger partial charge < -0.3 is 24.0 Å². The van der Waals surface area contributed by atoms with Crippen molar-refractivity contribution in [3.8, 4) is 0 Å². The molecule has 19 heavy (non-hydrogen) atoms. The smallest absolute Gasteiger partial charge is 1.00 e. The van der Waals surface area contributed by atoms with Gasteiger partial charge in [-0.1, -0.05) is 30.0 Å². The van der Waals surface area contributed by atoms with E-state index >= 15 is 0 Å². The third kappa shape index (κ3) is 19.6. The quantitative estimate of drug-likeness (QED) is 0.158. The molecule has 0 radical (unpaired) electrons. The molecule has 10 heteroatoms. The Morgan fingerprint density at radius 3 is 1.53 bits per heavy atom. The Bertz CT molecular complexity index is 206. The van der Waals surface area contributed by atoms with E-state index in [-0.39, 0.29) is 78.7 Å². The van der Waals surface area contributed by atoms with Crippen molar-refractivity contribution in [3.05, 3.63) is 0 Å². The van der Waals surface area contributed by atoms with Crippen molar-refractivity contribution in [1.82, 2.24) is 10.1 Å². The van der Waals surface area contributed by atoms with Gasteiger partial charge in [-0.3, -0.25) is 19.3 Å². The van der Waals surface area contributed by atoms with Crippen molar-refractivity contribution < 1.29 is 72.8 Å². The van der Waals surface area contributed by atoms with Crippen LogP contribution in [0.5, 0.6) is 0 Å². The number of halogens is 3. The van der Waals surface area contributed by atoms with E-state index in [2.05, 4.69) is 9.68 Å². The first-order valence-corrected chi connectivity index (χ1v) is 6.23. The van der Waals surface area contributed by atoms with Crippen molar-refractivity contribution in [3.63, 3.8) is 0 Å². The molecule has 0 unspecified atom stereocenters. The molecule has 0 aliphatic carbocycles.